The Morgan fingerprint density at radius 2 is 1.61 bits per heavy atom. The molecule has 2 heterocycles. The Morgan fingerprint density at radius 1 is 0.821 bits per heavy atom. The summed E-state index contributed by atoms with van der Waals surface area (Å²) in [6.07, 6.45) is 6.04. The van der Waals surface area contributed by atoms with Crippen molar-refractivity contribution >= 4 is 28.7 Å². The van der Waals surface area contributed by atoms with Gasteiger partial charge in [0.05, 0.1) is 11.2 Å². The lowest BCUT2D eigenvalue weighted by Crippen LogP contribution is -1.91. The molecule has 0 unspecified atom stereocenters. The first-order valence-electron chi connectivity index (χ1n) is 9.56. The van der Waals surface area contributed by atoms with Crippen LogP contribution in [0, 0.1) is 11.8 Å². The molecule has 4 aromatic rings. The largest absolute Gasteiger partial charge is 0.353 e. The first-order chi connectivity index (χ1) is 13.9. The Balaban J connectivity index is 1.76. The molecular formula is C26H17NS. The molecular weight excluding hydrogens is 358 g/mol. The van der Waals surface area contributed by atoms with E-state index in [0.29, 0.717) is 0 Å². The third-order valence-corrected chi connectivity index (χ3v) is 6.70. The van der Waals surface area contributed by atoms with Gasteiger partial charge in [-0.05, 0) is 23.3 Å². The minimum Gasteiger partial charge on any atom is -0.353 e. The number of hydrogen-bond donors (Lipinski definition) is 1. The fourth-order valence-electron chi connectivity index (χ4n) is 4.26. The molecule has 0 fully saturated rings. The number of rotatable bonds is 0. The molecule has 1 aromatic heterocycles. The molecule has 0 radical (unpaired) electrons. The van der Waals surface area contributed by atoms with Crippen molar-refractivity contribution < 1.29 is 0 Å². The minimum atomic E-state index is 0.808. The maximum Gasteiger partial charge on any atom is 0.0556 e. The van der Waals surface area contributed by atoms with E-state index in [0.717, 1.165) is 12.8 Å². The Bertz CT molecular complexity index is 1340. The maximum atomic E-state index is 3.82. The molecule has 0 spiro atoms. The molecule has 3 aromatic carbocycles. The Morgan fingerprint density at radius 3 is 2.50 bits per heavy atom. The SMILES string of the molecule is C1#CCc2ccc3c4c([nH]c3c2/C=C\C1)-c1ccccc1Sc1ccccc1-4. The molecule has 0 saturated heterocycles. The lowest BCUT2D eigenvalue weighted by molar-refractivity contribution is 1.28. The first-order valence-corrected chi connectivity index (χ1v) is 10.4. The average molecular weight is 375 g/mol. The fraction of sp³-hybridized carbons (Fsp3) is 0.0769. The molecule has 28 heavy (non-hydrogen) atoms. The van der Waals surface area contributed by atoms with Gasteiger partial charge in [-0.2, -0.15) is 0 Å². The highest BCUT2D eigenvalue weighted by atomic mass is 32.2. The van der Waals surface area contributed by atoms with E-state index < -0.39 is 0 Å². The zero-order chi connectivity index (χ0) is 18.5. The van der Waals surface area contributed by atoms with Crippen LogP contribution in [0.5, 0.6) is 0 Å². The predicted octanol–water partition coefficient (Wildman–Crippen LogP) is 6.93. The van der Waals surface area contributed by atoms with Crippen molar-refractivity contribution in [3.63, 3.8) is 0 Å². The summed E-state index contributed by atoms with van der Waals surface area (Å²) in [4.78, 5) is 6.42. The summed E-state index contributed by atoms with van der Waals surface area (Å²) in [7, 11) is 0. The topological polar surface area (TPSA) is 15.8 Å². The maximum absolute atomic E-state index is 3.82. The second-order valence-corrected chi connectivity index (χ2v) is 8.25. The lowest BCUT2D eigenvalue weighted by Gasteiger charge is -2.09. The van der Waals surface area contributed by atoms with Crippen LogP contribution in [0.3, 0.4) is 0 Å². The highest BCUT2D eigenvalue weighted by Crippen LogP contribution is 2.50. The standard InChI is InChI=1S/C26H17NS/c1-2-4-10-18-17(9-3-1)15-16-21-24-19-11-5-7-13-22(19)28-23-14-8-6-12-20(23)26(24)27-25(18)21/h4-8,10-16,27H,2,9H2/b10-4-. The normalized spacial score (nSPS) is 15.0. The Labute approximate surface area is 168 Å². The van der Waals surface area contributed by atoms with Crippen LogP contribution in [0.2, 0.25) is 0 Å². The zero-order valence-corrected chi connectivity index (χ0v) is 16.1. The smallest absolute Gasteiger partial charge is 0.0556 e. The molecule has 0 amide bonds. The quantitative estimate of drug-likeness (QED) is 0.290. The fourth-order valence-corrected chi connectivity index (χ4v) is 5.35. The summed E-state index contributed by atoms with van der Waals surface area (Å²) in [5.41, 5.74) is 8.91. The van der Waals surface area contributed by atoms with Gasteiger partial charge in [-0.25, -0.2) is 0 Å². The highest BCUT2D eigenvalue weighted by molar-refractivity contribution is 7.99. The summed E-state index contributed by atoms with van der Waals surface area (Å²) in [5.74, 6) is 6.50. The van der Waals surface area contributed by atoms with Gasteiger partial charge < -0.3 is 4.98 Å². The molecule has 1 aliphatic heterocycles. The van der Waals surface area contributed by atoms with E-state index in [2.05, 4.69) is 89.6 Å². The molecule has 132 valence electrons. The van der Waals surface area contributed by atoms with E-state index >= 15 is 0 Å². The van der Waals surface area contributed by atoms with Gasteiger partial charge in [0.2, 0.25) is 0 Å². The van der Waals surface area contributed by atoms with Gasteiger partial charge in [0.25, 0.3) is 0 Å². The van der Waals surface area contributed by atoms with Crippen LogP contribution in [0.15, 0.2) is 76.5 Å². The number of fused-ring (bicyclic) bond motifs is 9. The first kappa shape index (κ1) is 15.9. The van der Waals surface area contributed by atoms with E-state index in [-0.39, 0.29) is 0 Å². The number of allylic oxidation sites excluding steroid dienone is 1. The highest BCUT2D eigenvalue weighted by Gasteiger charge is 2.24. The number of aromatic amines is 1. The van der Waals surface area contributed by atoms with Crippen LogP contribution >= 0.6 is 11.8 Å². The van der Waals surface area contributed by atoms with Gasteiger partial charge in [0.15, 0.2) is 0 Å². The van der Waals surface area contributed by atoms with Gasteiger partial charge >= 0.3 is 0 Å². The molecule has 2 aliphatic rings. The molecule has 0 atom stereocenters. The van der Waals surface area contributed by atoms with Crippen molar-refractivity contribution in [2.24, 2.45) is 0 Å². The molecule has 2 heteroatoms. The van der Waals surface area contributed by atoms with Crippen LogP contribution in [0.4, 0.5) is 0 Å². The van der Waals surface area contributed by atoms with Gasteiger partial charge in [0.1, 0.15) is 0 Å². The van der Waals surface area contributed by atoms with E-state index in [9.17, 15) is 0 Å². The molecule has 0 bridgehead atoms. The number of H-pyrrole nitrogens is 1. The monoisotopic (exact) mass is 375 g/mol. The van der Waals surface area contributed by atoms with Crippen LogP contribution in [-0.4, -0.2) is 4.98 Å². The summed E-state index contributed by atoms with van der Waals surface area (Å²) in [6.45, 7) is 0. The summed E-state index contributed by atoms with van der Waals surface area (Å²) in [6, 6.07) is 22.0. The summed E-state index contributed by atoms with van der Waals surface area (Å²) < 4.78 is 0. The van der Waals surface area contributed by atoms with Gasteiger partial charge in [-0.1, -0.05) is 84.3 Å². The van der Waals surface area contributed by atoms with E-state index in [1.165, 1.54) is 54.2 Å². The second kappa shape index (κ2) is 6.19. The van der Waals surface area contributed by atoms with E-state index in [4.69, 9.17) is 0 Å². The molecule has 0 saturated carbocycles. The van der Waals surface area contributed by atoms with Crippen molar-refractivity contribution in [2.45, 2.75) is 22.6 Å². The minimum absolute atomic E-state index is 0.808. The van der Waals surface area contributed by atoms with Gasteiger partial charge in [-0.3, -0.25) is 0 Å². The molecule has 1 aliphatic carbocycles. The van der Waals surface area contributed by atoms with Crippen LogP contribution in [-0.2, 0) is 6.42 Å². The number of nitrogens with one attached hydrogen (secondary N) is 1. The van der Waals surface area contributed by atoms with Crippen molar-refractivity contribution in [1.29, 1.82) is 0 Å². The van der Waals surface area contributed by atoms with Crippen molar-refractivity contribution in [3.8, 4) is 34.2 Å². The number of hydrogen-bond acceptors (Lipinski definition) is 1. The predicted molar refractivity (Wildman–Crippen MR) is 118 cm³/mol. The third-order valence-electron chi connectivity index (χ3n) is 5.55. The average Bonchev–Trinajstić information content (AvgIpc) is 3.02. The van der Waals surface area contributed by atoms with Crippen molar-refractivity contribution in [3.05, 3.63) is 77.9 Å². The van der Waals surface area contributed by atoms with Gasteiger partial charge in [0, 0.05) is 44.7 Å². The second-order valence-electron chi connectivity index (χ2n) is 7.17. The van der Waals surface area contributed by atoms with Gasteiger partial charge in [-0.15, -0.1) is 0 Å². The summed E-state index contributed by atoms with van der Waals surface area (Å²) >= 11 is 1.86. The molecule has 1 N–H and O–H groups in total. The van der Waals surface area contributed by atoms with E-state index in [1.807, 2.05) is 11.8 Å². The van der Waals surface area contributed by atoms with Crippen molar-refractivity contribution in [1.82, 2.24) is 4.98 Å². The molecule has 6 rings (SSSR count). The Kier molecular flexibility index (Phi) is 3.51. The van der Waals surface area contributed by atoms with E-state index in [1.54, 1.807) is 0 Å². The third kappa shape index (κ3) is 2.30. The lowest BCUT2D eigenvalue weighted by atomic mass is 9.95. The van der Waals surface area contributed by atoms with Crippen LogP contribution in [0.1, 0.15) is 17.5 Å². The summed E-state index contributed by atoms with van der Waals surface area (Å²) in [5, 5.41) is 1.29. The van der Waals surface area contributed by atoms with Crippen LogP contribution in [0.25, 0.3) is 39.4 Å². The number of benzene rings is 3. The zero-order valence-electron chi connectivity index (χ0n) is 15.3. The number of aromatic nitrogens is 1. The Hall–Kier alpha value is -3.15. The molecule has 1 nitrogen and oxygen atoms in total. The van der Waals surface area contributed by atoms with Crippen molar-refractivity contribution in [2.75, 3.05) is 0 Å². The van der Waals surface area contributed by atoms with Crippen LogP contribution < -0.4 is 0 Å².